The van der Waals surface area contributed by atoms with Crippen LogP contribution in [0.15, 0.2) is 52.9 Å². The third-order valence-electron chi connectivity index (χ3n) is 4.68. The van der Waals surface area contributed by atoms with Gasteiger partial charge in [0.1, 0.15) is 23.8 Å². The van der Waals surface area contributed by atoms with Crippen molar-refractivity contribution in [3.8, 4) is 34.1 Å². The zero-order chi connectivity index (χ0) is 24.7. The highest BCUT2D eigenvalue weighted by atomic mass is 32.2. The lowest BCUT2D eigenvalue weighted by atomic mass is 10.1. The van der Waals surface area contributed by atoms with Gasteiger partial charge in [0.05, 0.1) is 19.9 Å². The molecule has 0 fully saturated rings. The van der Waals surface area contributed by atoms with E-state index in [1.54, 1.807) is 33.3 Å². The molecule has 2 N–H and O–H groups in total. The van der Waals surface area contributed by atoms with Gasteiger partial charge in [0, 0.05) is 31.8 Å². The molecule has 0 bridgehead atoms. The van der Waals surface area contributed by atoms with E-state index in [4.69, 9.17) is 13.9 Å². The van der Waals surface area contributed by atoms with E-state index in [0.717, 1.165) is 23.1 Å². The Balaban J connectivity index is 1.82. The molecule has 2 aromatic carbocycles. The number of hydrogen-bond acceptors (Lipinski definition) is 7. The van der Waals surface area contributed by atoms with E-state index < -0.39 is 10.0 Å². The van der Waals surface area contributed by atoms with Crippen molar-refractivity contribution in [1.29, 1.82) is 0 Å². The van der Waals surface area contributed by atoms with Gasteiger partial charge in [-0.1, -0.05) is 0 Å². The van der Waals surface area contributed by atoms with E-state index in [1.165, 1.54) is 4.90 Å². The lowest BCUT2D eigenvalue weighted by Crippen LogP contribution is -2.33. The number of nitrogens with zero attached hydrogens (tertiary/aromatic N) is 2. The molecule has 1 heterocycles. The van der Waals surface area contributed by atoms with Crippen LogP contribution in [0.3, 0.4) is 0 Å². The quantitative estimate of drug-likeness (QED) is 0.421. The van der Waals surface area contributed by atoms with Crippen molar-refractivity contribution in [3.63, 3.8) is 0 Å². The predicted molar refractivity (Wildman–Crippen MR) is 128 cm³/mol. The summed E-state index contributed by atoms with van der Waals surface area (Å²) in [4.78, 5) is 17.9. The second kappa shape index (κ2) is 11.0. The molecule has 0 aliphatic heterocycles. The Morgan fingerprint density at radius 2 is 1.65 bits per heavy atom. The molecule has 0 aliphatic rings. The van der Waals surface area contributed by atoms with Crippen LogP contribution in [0.4, 0.5) is 4.79 Å². The molecular weight excluding hydrogens is 460 g/mol. The summed E-state index contributed by atoms with van der Waals surface area (Å²) in [6, 6.07) is 14.4. The van der Waals surface area contributed by atoms with Crippen molar-refractivity contribution in [3.05, 3.63) is 54.4 Å². The number of aromatic nitrogens is 1. The van der Waals surface area contributed by atoms with Crippen molar-refractivity contribution in [2.24, 2.45) is 0 Å². The van der Waals surface area contributed by atoms with Crippen molar-refractivity contribution in [1.82, 2.24) is 19.9 Å². The molecule has 0 aliphatic carbocycles. The molecule has 1 aromatic heterocycles. The average Bonchev–Trinajstić information content (AvgIpc) is 3.24. The Morgan fingerprint density at radius 3 is 2.24 bits per heavy atom. The Hall–Kier alpha value is -3.57. The first-order valence-corrected chi connectivity index (χ1v) is 12.3. The van der Waals surface area contributed by atoms with Crippen LogP contribution in [-0.4, -0.2) is 64.9 Å². The number of rotatable bonds is 10. The van der Waals surface area contributed by atoms with Gasteiger partial charge in [0.25, 0.3) is 0 Å². The fourth-order valence-corrected chi connectivity index (χ4v) is 3.44. The van der Waals surface area contributed by atoms with Gasteiger partial charge >= 0.3 is 6.03 Å². The van der Waals surface area contributed by atoms with Crippen LogP contribution in [0.25, 0.3) is 22.6 Å². The van der Waals surface area contributed by atoms with Gasteiger partial charge in [-0.15, -0.1) is 0 Å². The molecule has 2 amide bonds. The second-order valence-corrected chi connectivity index (χ2v) is 9.44. The Bertz CT molecular complexity index is 1210. The van der Waals surface area contributed by atoms with Crippen LogP contribution in [0.2, 0.25) is 0 Å². The molecule has 0 atom stereocenters. The van der Waals surface area contributed by atoms with Crippen molar-refractivity contribution < 1.29 is 27.1 Å². The van der Waals surface area contributed by atoms with Crippen LogP contribution in [0, 0.1) is 0 Å². The van der Waals surface area contributed by atoms with Gasteiger partial charge in [-0.3, -0.25) is 0 Å². The van der Waals surface area contributed by atoms with Gasteiger partial charge in [-0.2, -0.15) is 0 Å². The van der Waals surface area contributed by atoms with Crippen LogP contribution < -0.4 is 19.5 Å². The minimum absolute atomic E-state index is 0.134. The summed E-state index contributed by atoms with van der Waals surface area (Å²) in [6.07, 6.45) is 1.10. The number of oxazole rings is 1. The minimum Gasteiger partial charge on any atom is -0.497 e. The number of carbonyl (C=O) groups excluding carboxylic acids is 1. The number of nitrogens with one attached hydrogen (secondary N) is 2. The summed E-state index contributed by atoms with van der Waals surface area (Å²) < 4.78 is 41.5. The highest BCUT2D eigenvalue weighted by Gasteiger charge is 2.18. The molecule has 182 valence electrons. The topological polar surface area (TPSA) is 123 Å². The molecule has 10 nitrogen and oxygen atoms in total. The number of carbonyl (C=O) groups is 1. The van der Waals surface area contributed by atoms with Crippen molar-refractivity contribution >= 4 is 16.1 Å². The Kier molecular flexibility index (Phi) is 8.13. The smallest absolute Gasteiger partial charge is 0.317 e. The fourth-order valence-electron chi connectivity index (χ4n) is 2.99. The Morgan fingerprint density at radius 1 is 1.03 bits per heavy atom. The predicted octanol–water partition coefficient (Wildman–Crippen LogP) is 2.72. The van der Waals surface area contributed by atoms with Gasteiger partial charge in [0.2, 0.25) is 15.9 Å². The lowest BCUT2D eigenvalue weighted by Gasteiger charge is -2.10. The van der Waals surface area contributed by atoms with Crippen molar-refractivity contribution in [2.45, 2.75) is 6.54 Å². The molecule has 0 radical (unpaired) electrons. The number of urea groups is 1. The molecule has 34 heavy (non-hydrogen) atoms. The molecule has 0 saturated carbocycles. The SMILES string of the molecule is COc1ccc(-c2nc(CNC(=O)N(C)C)oc2-c2ccc(OCCNS(C)(=O)=O)cc2)cc1. The highest BCUT2D eigenvalue weighted by Crippen LogP contribution is 2.34. The fraction of sp³-hybridized carbons (Fsp3) is 0.304. The van der Waals surface area contributed by atoms with E-state index in [-0.39, 0.29) is 25.7 Å². The molecule has 0 saturated heterocycles. The zero-order valence-corrected chi connectivity index (χ0v) is 20.3. The molecule has 3 rings (SSSR count). The second-order valence-electron chi connectivity index (χ2n) is 7.61. The van der Waals surface area contributed by atoms with Gasteiger partial charge < -0.3 is 24.1 Å². The third kappa shape index (κ3) is 6.96. The number of amides is 2. The maximum Gasteiger partial charge on any atom is 0.317 e. The van der Waals surface area contributed by atoms with E-state index in [9.17, 15) is 13.2 Å². The third-order valence-corrected chi connectivity index (χ3v) is 5.41. The van der Waals surface area contributed by atoms with Crippen LogP contribution in [-0.2, 0) is 16.6 Å². The standard InChI is InChI=1S/C23H28N4O6S/c1-27(2)23(28)24-15-20-26-21(16-5-9-18(31-3)10-6-16)22(33-20)17-7-11-19(12-8-17)32-14-13-25-34(4,29)30/h5-12,25H,13-15H2,1-4H3,(H,24,28). The van der Waals surface area contributed by atoms with E-state index in [1.807, 2.05) is 36.4 Å². The maximum absolute atomic E-state index is 11.9. The summed E-state index contributed by atoms with van der Waals surface area (Å²) in [7, 11) is 1.65. The molecule has 11 heteroatoms. The number of sulfonamides is 1. The van der Waals surface area contributed by atoms with Crippen LogP contribution in [0.1, 0.15) is 5.89 Å². The van der Waals surface area contributed by atoms with Crippen molar-refractivity contribution in [2.75, 3.05) is 40.6 Å². The summed E-state index contributed by atoms with van der Waals surface area (Å²) >= 11 is 0. The van der Waals surface area contributed by atoms with Gasteiger partial charge in [0.15, 0.2) is 5.76 Å². The largest absolute Gasteiger partial charge is 0.497 e. The molecule has 0 unspecified atom stereocenters. The summed E-state index contributed by atoms with van der Waals surface area (Å²) in [5, 5.41) is 2.75. The number of ether oxygens (including phenoxy) is 2. The Labute approximate surface area is 198 Å². The van der Waals surface area contributed by atoms with Gasteiger partial charge in [-0.25, -0.2) is 22.9 Å². The molecular formula is C23H28N4O6S. The first-order chi connectivity index (χ1) is 16.2. The summed E-state index contributed by atoms with van der Waals surface area (Å²) in [6.45, 7) is 0.503. The van der Waals surface area contributed by atoms with E-state index in [2.05, 4.69) is 15.0 Å². The minimum atomic E-state index is -3.26. The number of methoxy groups -OCH3 is 1. The highest BCUT2D eigenvalue weighted by molar-refractivity contribution is 7.88. The van der Waals surface area contributed by atoms with Crippen LogP contribution in [0.5, 0.6) is 11.5 Å². The van der Waals surface area contributed by atoms with Gasteiger partial charge in [-0.05, 0) is 48.5 Å². The molecule has 0 spiro atoms. The van der Waals surface area contributed by atoms with E-state index in [0.29, 0.717) is 23.1 Å². The van der Waals surface area contributed by atoms with Crippen LogP contribution >= 0.6 is 0 Å². The lowest BCUT2D eigenvalue weighted by molar-refractivity contribution is 0.216. The first kappa shape index (κ1) is 25.1. The number of hydrogen-bond donors (Lipinski definition) is 2. The van der Waals surface area contributed by atoms with E-state index >= 15 is 0 Å². The maximum atomic E-state index is 11.9. The normalized spacial score (nSPS) is 11.2. The summed E-state index contributed by atoms with van der Waals surface area (Å²) in [5.74, 6) is 2.22. The molecule has 3 aromatic rings. The monoisotopic (exact) mass is 488 g/mol. The first-order valence-electron chi connectivity index (χ1n) is 10.4. The average molecular weight is 489 g/mol. The summed E-state index contributed by atoms with van der Waals surface area (Å²) in [5.41, 5.74) is 2.23. The number of benzene rings is 2. The zero-order valence-electron chi connectivity index (χ0n) is 19.5.